The molecular formula is C26H32N8O8S. The highest BCUT2D eigenvalue weighted by atomic mass is 32.2. The lowest BCUT2D eigenvalue weighted by molar-refractivity contribution is 0.0448. The molecule has 2 aromatic rings. The third kappa shape index (κ3) is 7.29. The lowest BCUT2D eigenvalue weighted by atomic mass is 10.1. The molecule has 0 spiro atoms. The van der Waals surface area contributed by atoms with Crippen molar-refractivity contribution in [2.24, 2.45) is 0 Å². The number of piperidine rings is 1. The van der Waals surface area contributed by atoms with E-state index in [0.29, 0.717) is 32.2 Å². The second kappa shape index (κ2) is 12.8. The van der Waals surface area contributed by atoms with Crippen LogP contribution in [0.1, 0.15) is 34.5 Å². The fourth-order valence-corrected chi connectivity index (χ4v) is 6.41. The minimum Gasteiger partial charge on any atom is -0.465 e. The molecule has 17 heteroatoms. The van der Waals surface area contributed by atoms with Crippen molar-refractivity contribution in [2.75, 3.05) is 44.6 Å². The summed E-state index contributed by atoms with van der Waals surface area (Å²) in [7, 11) is -4.28. The zero-order valence-electron chi connectivity index (χ0n) is 23.1. The highest BCUT2D eigenvalue weighted by Gasteiger charge is 2.33. The second-order valence-corrected chi connectivity index (χ2v) is 12.1. The number of hydrogen-bond donors (Lipinski definition) is 4. The second-order valence-electron chi connectivity index (χ2n) is 10.4. The van der Waals surface area contributed by atoms with Crippen molar-refractivity contribution in [3.63, 3.8) is 0 Å². The molecule has 3 heterocycles. The van der Waals surface area contributed by atoms with E-state index in [4.69, 9.17) is 9.84 Å². The Morgan fingerprint density at radius 2 is 1.60 bits per heavy atom. The van der Waals surface area contributed by atoms with Crippen LogP contribution in [0.3, 0.4) is 0 Å². The predicted molar refractivity (Wildman–Crippen MR) is 150 cm³/mol. The highest BCUT2D eigenvalue weighted by Crippen LogP contribution is 2.22. The molecule has 5 rings (SSSR count). The molecule has 1 aliphatic carbocycles. The number of aromatic nitrogens is 2. The molecule has 1 atom stereocenters. The van der Waals surface area contributed by atoms with Crippen LogP contribution < -0.4 is 15.4 Å². The number of amides is 5. The van der Waals surface area contributed by atoms with Gasteiger partial charge in [-0.25, -0.2) is 29.1 Å². The van der Waals surface area contributed by atoms with E-state index < -0.39 is 40.4 Å². The molecule has 1 aromatic carbocycles. The monoisotopic (exact) mass is 616 g/mol. The Kier molecular flexibility index (Phi) is 8.91. The molecule has 2 aliphatic heterocycles. The van der Waals surface area contributed by atoms with Crippen molar-refractivity contribution in [3.8, 4) is 0 Å². The Morgan fingerprint density at radius 1 is 0.930 bits per heavy atom. The summed E-state index contributed by atoms with van der Waals surface area (Å²) < 4.78 is 33.5. The van der Waals surface area contributed by atoms with Crippen LogP contribution in [-0.2, 0) is 27.8 Å². The van der Waals surface area contributed by atoms with Crippen LogP contribution in [-0.4, -0.2) is 113 Å². The maximum absolute atomic E-state index is 13.0. The summed E-state index contributed by atoms with van der Waals surface area (Å²) in [6.45, 7) is 0.0550. The number of urea groups is 1. The number of ether oxygens (including phenoxy) is 1. The molecule has 0 radical (unpaired) electrons. The minimum atomic E-state index is -4.28. The molecule has 3 aliphatic rings. The van der Waals surface area contributed by atoms with E-state index >= 15 is 0 Å². The number of piperazine rings is 1. The van der Waals surface area contributed by atoms with Gasteiger partial charge in [0.25, 0.3) is 5.91 Å². The molecule has 0 unspecified atom stereocenters. The molecule has 2 saturated heterocycles. The fraction of sp³-hybridized carbons (Fsp3) is 0.462. The molecule has 2 fully saturated rings. The van der Waals surface area contributed by atoms with Gasteiger partial charge in [0.2, 0.25) is 0 Å². The average molecular weight is 617 g/mol. The van der Waals surface area contributed by atoms with Gasteiger partial charge in [-0.2, -0.15) is 12.7 Å². The van der Waals surface area contributed by atoms with Gasteiger partial charge in [-0.05, 0) is 36.8 Å². The van der Waals surface area contributed by atoms with Gasteiger partial charge in [0.15, 0.2) is 11.5 Å². The Hall–Kier alpha value is -4.51. The number of fused-ring (bicyclic) bond motifs is 1. The molecule has 5 amide bonds. The lowest BCUT2D eigenvalue weighted by Crippen LogP contribution is -2.55. The minimum absolute atomic E-state index is 0.000111. The molecule has 230 valence electrons. The maximum Gasteiger partial charge on any atom is 0.422 e. The van der Waals surface area contributed by atoms with E-state index in [0.717, 1.165) is 9.21 Å². The Morgan fingerprint density at radius 3 is 2.28 bits per heavy atom. The SMILES string of the molecule is O=C(NS(=O)(=O)N1CCN(C(=O)Nc2nccnc2C(=O)NC2Cc3ccccc3C2)CC1)O[C@H]1CCCN(C(=O)O)C1. The number of anilines is 1. The normalized spacial score (nSPS) is 19.3. The van der Waals surface area contributed by atoms with Crippen molar-refractivity contribution < 1.29 is 37.4 Å². The van der Waals surface area contributed by atoms with Crippen LogP contribution in [0.25, 0.3) is 0 Å². The molecule has 0 bridgehead atoms. The molecular weight excluding hydrogens is 584 g/mol. The van der Waals surface area contributed by atoms with Crippen molar-refractivity contribution >= 4 is 40.2 Å². The van der Waals surface area contributed by atoms with Crippen molar-refractivity contribution in [3.05, 3.63) is 53.5 Å². The summed E-state index contributed by atoms with van der Waals surface area (Å²) in [5, 5.41) is 14.7. The number of carbonyl (C=O) groups excluding carboxylic acids is 3. The van der Waals surface area contributed by atoms with Crippen molar-refractivity contribution in [1.29, 1.82) is 0 Å². The quantitative estimate of drug-likeness (QED) is 0.356. The first-order valence-corrected chi connectivity index (χ1v) is 15.2. The van der Waals surface area contributed by atoms with Crippen LogP contribution in [0.5, 0.6) is 0 Å². The summed E-state index contributed by atoms with van der Waals surface area (Å²) in [5.74, 6) is -0.497. The summed E-state index contributed by atoms with van der Waals surface area (Å²) in [6, 6.07) is 7.25. The zero-order valence-corrected chi connectivity index (χ0v) is 24.0. The van der Waals surface area contributed by atoms with Crippen LogP contribution >= 0.6 is 0 Å². The van der Waals surface area contributed by atoms with E-state index in [1.54, 1.807) is 0 Å². The van der Waals surface area contributed by atoms with E-state index in [2.05, 4.69) is 20.6 Å². The maximum atomic E-state index is 13.0. The number of benzene rings is 1. The van der Waals surface area contributed by atoms with Crippen LogP contribution in [0.2, 0.25) is 0 Å². The fourth-order valence-electron chi connectivity index (χ4n) is 5.38. The highest BCUT2D eigenvalue weighted by molar-refractivity contribution is 7.87. The molecule has 1 aromatic heterocycles. The predicted octanol–water partition coefficient (Wildman–Crippen LogP) is 0.637. The number of likely N-dealkylation sites (tertiary alicyclic amines) is 1. The first-order valence-electron chi connectivity index (χ1n) is 13.8. The van der Waals surface area contributed by atoms with Gasteiger partial charge in [-0.15, -0.1) is 0 Å². The Bertz CT molecular complexity index is 1470. The number of carbonyl (C=O) groups is 4. The molecule has 4 N–H and O–H groups in total. The lowest BCUT2D eigenvalue weighted by Gasteiger charge is -2.34. The van der Waals surface area contributed by atoms with Gasteiger partial charge < -0.3 is 25.0 Å². The van der Waals surface area contributed by atoms with E-state index in [9.17, 15) is 27.6 Å². The first-order chi connectivity index (χ1) is 20.6. The average Bonchev–Trinajstić information content (AvgIpc) is 3.39. The number of carboxylic acid groups (broad SMARTS) is 1. The van der Waals surface area contributed by atoms with Gasteiger partial charge in [-0.1, -0.05) is 24.3 Å². The zero-order chi connectivity index (χ0) is 30.6. The van der Waals surface area contributed by atoms with Gasteiger partial charge in [0.1, 0.15) is 6.10 Å². The van der Waals surface area contributed by atoms with E-state index in [-0.39, 0.29) is 50.3 Å². The number of nitrogens with zero attached hydrogens (tertiary/aromatic N) is 5. The summed E-state index contributed by atoms with van der Waals surface area (Å²) in [4.78, 5) is 60.1. The molecule has 16 nitrogen and oxygen atoms in total. The van der Waals surface area contributed by atoms with Crippen LogP contribution in [0.4, 0.5) is 20.2 Å². The molecule has 0 saturated carbocycles. The summed E-state index contributed by atoms with van der Waals surface area (Å²) in [5.41, 5.74) is 2.30. The number of rotatable bonds is 6. The Balaban J connectivity index is 1.11. The standard InChI is InChI=1S/C26H32N8O8S/c35-23(29-19-14-17-4-1-2-5-18(17)15-19)21-22(28-8-7-27-21)30-24(36)32-10-12-34(13-11-32)43(40,41)31-25(37)42-20-6-3-9-33(16-20)26(38)39/h1-2,4-5,7-8,19-20H,3,6,9-16H2,(H,29,35)(H,31,37)(H,38,39)(H,28,30,36)/t20-/m0/s1. The van der Waals surface area contributed by atoms with E-state index in [1.165, 1.54) is 28.4 Å². The van der Waals surface area contributed by atoms with Crippen LogP contribution in [0, 0.1) is 0 Å². The van der Waals surface area contributed by atoms with Crippen molar-refractivity contribution in [2.45, 2.75) is 37.8 Å². The summed E-state index contributed by atoms with van der Waals surface area (Å²) in [6.07, 6.45) is 1.87. The number of hydrogen-bond acceptors (Lipinski definition) is 9. The number of nitrogens with one attached hydrogen (secondary N) is 3. The smallest absolute Gasteiger partial charge is 0.422 e. The first kappa shape index (κ1) is 30.0. The van der Waals surface area contributed by atoms with Gasteiger partial charge in [0, 0.05) is 51.2 Å². The third-order valence-electron chi connectivity index (χ3n) is 7.53. The topological polar surface area (TPSA) is 203 Å². The Labute approximate surface area is 247 Å². The van der Waals surface area contributed by atoms with Gasteiger partial charge >= 0.3 is 28.4 Å². The van der Waals surface area contributed by atoms with Gasteiger partial charge in [-0.3, -0.25) is 10.1 Å². The molecule has 43 heavy (non-hydrogen) atoms. The van der Waals surface area contributed by atoms with Crippen LogP contribution in [0.15, 0.2) is 36.7 Å². The largest absolute Gasteiger partial charge is 0.465 e. The summed E-state index contributed by atoms with van der Waals surface area (Å²) >= 11 is 0. The van der Waals surface area contributed by atoms with Gasteiger partial charge in [0.05, 0.1) is 6.54 Å². The van der Waals surface area contributed by atoms with E-state index in [1.807, 2.05) is 29.0 Å². The third-order valence-corrected chi connectivity index (χ3v) is 8.99. The van der Waals surface area contributed by atoms with Crippen molar-refractivity contribution in [1.82, 2.24) is 34.1 Å².